The molecule has 0 radical (unpaired) electrons. The molecule has 0 amide bonds. The van der Waals surface area contributed by atoms with Crippen LogP contribution < -0.4 is 5.32 Å². The molecule has 3 nitrogen and oxygen atoms in total. The quantitative estimate of drug-likeness (QED) is 0.779. The van der Waals surface area contributed by atoms with Gasteiger partial charge in [-0.25, -0.2) is 4.98 Å². The van der Waals surface area contributed by atoms with E-state index in [0.29, 0.717) is 0 Å². The lowest BCUT2D eigenvalue weighted by molar-refractivity contribution is 1.19. The van der Waals surface area contributed by atoms with Crippen LogP contribution in [0.1, 0.15) is 0 Å². The Balaban J connectivity index is 2.51. The van der Waals surface area contributed by atoms with E-state index in [4.69, 9.17) is 0 Å². The minimum Gasteiger partial charge on any atom is -0.371 e. The van der Waals surface area contributed by atoms with Crippen molar-refractivity contribution in [3.8, 4) is 11.3 Å². The van der Waals surface area contributed by atoms with Crippen molar-refractivity contribution in [2.24, 2.45) is 0 Å². The highest BCUT2D eigenvalue weighted by atomic mass is 15.0. The van der Waals surface area contributed by atoms with Crippen LogP contribution in [-0.4, -0.2) is 17.0 Å². The number of benzene rings is 1. The molecule has 2 rings (SSSR count). The highest BCUT2D eigenvalue weighted by Crippen LogP contribution is 2.21. The zero-order valence-corrected chi connectivity index (χ0v) is 7.94. The lowest BCUT2D eigenvalue weighted by Crippen LogP contribution is -1.96. The molecule has 0 aliphatic rings. The van der Waals surface area contributed by atoms with Crippen LogP contribution >= 0.6 is 0 Å². The van der Waals surface area contributed by atoms with E-state index in [1.807, 2.05) is 37.4 Å². The standard InChI is InChI=1S/C11H11N3/c1-12-11-10(13-7-8-14-11)9-5-3-2-4-6-9/h2-8H,1H3,(H,12,14). The molecule has 0 saturated heterocycles. The van der Waals surface area contributed by atoms with Gasteiger partial charge in [-0.3, -0.25) is 4.98 Å². The minimum absolute atomic E-state index is 0.804. The summed E-state index contributed by atoms with van der Waals surface area (Å²) in [5, 5.41) is 3.02. The molecular formula is C11H11N3. The second-order valence-electron chi connectivity index (χ2n) is 2.87. The molecule has 1 aromatic carbocycles. The topological polar surface area (TPSA) is 37.8 Å². The van der Waals surface area contributed by atoms with Crippen molar-refractivity contribution in [1.29, 1.82) is 0 Å². The molecule has 1 aromatic heterocycles. The van der Waals surface area contributed by atoms with Crippen molar-refractivity contribution in [3.63, 3.8) is 0 Å². The Kier molecular flexibility index (Phi) is 2.40. The van der Waals surface area contributed by atoms with E-state index in [9.17, 15) is 0 Å². The zero-order chi connectivity index (χ0) is 9.80. The van der Waals surface area contributed by atoms with Crippen LogP contribution in [0.4, 0.5) is 5.82 Å². The van der Waals surface area contributed by atoms with Crippen molar-refractivity contribution in [2.45, 2.75) is 0 Å². The monoisotopic (exact) mass is 185 g/mol. The van der Waals surface area contributed by atoms with Crippen molar-refractivity contribution in [2.75, 3.05) is 12.4 Å². The molecule has 2 aromatic rings. The van der Waals surface area contributed by atoms with Crippen LogP contribution in [0.15, 0.2) is 42.7 Å². The SMILES string of the molecule is CNc1nccnc1-c1ccccc1. The van der Waals surface area contributed by atoms with Gasteiger partial charge in [0.2, 0.25) is 0 Å². The van der Waals surface area contributed by atoms with E-state index in [-0.39, 0.29) is 0 Å². The van der Waals surface area contributed by atoms with E-state index < -0.39 is 0 Å². The number of anilines is 1. The summed E-state index contributed by atoms with van der Waals surface area (Å²) in [4.78, 5) is 8.49. The Morgan fingerprint density at radius 1 is 1.00 bits per heavy atom. The first-order chi connectivity index (χ1) is 6.92. The third kappa shape index (κ3) is 1.57. The van der Waals surface area contributed by atoms with Gasteiger partial charge < -0.3 is 5.32 Å². The van der Waals surface area contributed by atoms with Gasteiger partial charge in [-0.05, 0) is 0 Å². The predicted octanol–water partition coefficient (Wildman–Crippen LogP) is 2.19. The Morgan fingerprint density at radius 3 is 2.43 bits per heavy atom. The molecule has 70 valence electrons. The average molecular weight is 185 g/mol. The number of aromatic nitrogens is 2. The lowest BCUT2D eigenvalue weighted by atomic mass is 10.1. The second kappa shape index (κ2) is 3.87. The Morgan fingerprint density at radius 2 is 1.71 bits per heavy atom. The van der Waals surface area contributed by atoms with E-state index in [2.05, 4.69) is 15.3 Å². The van der Waals surface area contributed by atoms with Gasteiger partial charge in [-0.2, -0.15) is 0 Å². The van der Waals surface area contributed by atoms with E-state index in [1.54, 1.807) is 12.4 Å². The largest absolute Gasteiger partial charge is 0.371 e. The number of nitrogens with one attached hydrogen (secondary N) is 1. The average Bonchev–Trinajstić information content (AvgIpc) is 2.30. The van der Waals surface area contributed by atoms with Crippen molar-refractivity contribution < 1.29 is 0 Å². The fourth-order valence-corrected chi connectivity index (χ4v) is 1.33. The van der Waals surface area contributed by atoms with Gasteiger partial charge in [0, 0.05) is 25.0 Å². The van der Waals surface area contributed by atoms with Gasteiger partial charge in [0.05, 0.1) is 0 Å². The van der Waals surface area contributed by atoms with E-state index in [0.717, 1.165) is 17.1 Å². The maximum absolute atomic E-state index is 4.29. The molecule has 1 N–H and O–H groups in total. The summed E-state index contributed by atoms with van der Waals surface area (Å²) in [6.45, 7) is 0. The number of rotatable bonds is 2. The number of hydrogen-bond donors (Lipinski definition) is 1. The van der Waals surface area contributed by atoms with Gasteiger partial charge in [-0.15, -0.1) is 0 Å². The molecular weight excluding hydrogens is 174 g/mol. The van der Waals surface area contributed by atoms with E-state index >= 15 is 0 Å². The van der Waals surface area contributed by atoms with Crippen LogP contribution in [0.25, 0.3) is 11.3 Å². The molecule has 0 unspecified atom stereocenters. The summed E-state index contributed by atoms with van der Waals surface area (Å²) in [6.07, 6.45) is 3.38. The summed E-state index contributed by atoms with van der Waals surface area (Å²) in [6, 6.07) is 10.0. The van der Waals surface area contributed by atoms with Gasteiger partial charge >= 0.3 is 0 Å². The summed E-state index contributed by atoms with van der Waals surface area (Å²) in [7, 11) is 1.84. The highest BCUT2D eigenvalue weighted by molar-refractivity contribution is 5.70. The highest BCUT2D eigenvalue weighted by Gasteiger charge is 2.04. The molecule has 0 aliphatic carbocycles. The maximum Gasteiger partial charge on any atom is 0.152 e. The smallest absolute Gasteiger partial charge is 0.152 e. The first kappa shape index (κ1) is 8.69. The van der Waals surface area contributed by atoms with E-state index in [1.165, 1.54) is 0 Å². The Hall–Kier alpha value is -1.90. The van der Waals surface area contributed by atoms with Crippen molar-refractivity contribution in [1.82, 2.24) is 9.97 Å². The molecule has 0 fully saturated rings. The molecule has 0 aliphatic heterocycles. The second-order valence-corrected chi connectivity index (χ2v) is 2.87. The van der Waals surface area contributed by atoms with Gasteiger partial charge in [0.15, 0.2) is 5.82 Å². The zero-order valence-electron chi connectivity index (χ0n) is 7.94. The van der Waals surface area contributed by atoms with Crippen molar-refractivity contribution in [3.05, 3.63) is 42.7 Å². The number of hydrogen-bond acceptors (Lipinski definition) is 3. The minimum atomic E-state index is 0.804. The maximum atomic E-state index is 4.29. The van der Waals surface area contributed by atoms with Crippen LogP contribution in [0.3, 0.4) is 0 Å². The molecule has 0 bridgehead atoms. The molecule has 0 atom stereocenters. The molecule has 0 spiro atoms. The Bertz CT molecular complexity index is 412. The van der Waals surface area contributed by atoms with Crippen LogP contribution in [0, 0.1) is 0 Å². The third-order valence-electron chi connectivity index (χ3n) is 1.98. The summed E-state index contributed by atoms with van der Waals surface area (Å²) in [5.74, 6) is 0.804. The summed E-state index contributed by atoms with van der Waals surface area (Å²) < 4.78 is 0. The summed E-state index contributed by atoms with van der Waals surface area (Å²) >= 11 is 0. The first-order valence-corrected chi connectivity index (χ1v) is 4.46. The van der Waals surface area contributed by atoms with Gasteiger partial charge in [0.25, 0.3) is 0 Å². The normalized spacial score (nSPS) is 9.79. The van der Waals surface area contributed by atoms with Gasteiger partial charge in [-0.1, -0.05) is 30.3 Å². The van der Waals surface area contributed by atoms with Crippen LogP contribution in [0.5, 0.6) is 0 Å². The van der Waals surface area contributed by atoms with Crippen LogP contribution in [0.2, 0.25) is 0 Å². The Labute approximate surface area is 82.8 Å². The predicted molar refractivity (Wildman–Crippen MR) is 57.0 cm³/mol. The molecule has 0 saturated carbocycles. The fourth-order valence-electron chi connectivity index (χ4n) is 1.33. The molecule has 14 heavy (non-hydrogen) atoms. The first-order valence-electron chi connectivity index (χ1n) is 4.46. The summed E-state index contributed by atoms with van der Waals surface area (Å²) in [5.41, 5.74) is 1.96. The number of nitrogens with zero attached hydrogens (tertiary/aromatic N) is 2. The molecule has 3 heteroatoms. The fraction of sp³-hybridized carbons (Fsp3) is 0.0909. The van der Waals surface area contributed by atoms with Crippen molar-refractivity contribution >= 4 is 5.82 Å². The van der Waals surface area contributed by atoms with Gasteiger partial charge in [0.1, 0.15) is 5.69 Å². The third-order valence-corrected chi connectivity index (χ3v) is 1.98. The molecule has 1 heterocycles. The lowest BCUT2D eigenvalue weighted by Gasteiger charge is -2.05. The van der Waals surface area contributed by atoms with Crippen LogP contribution in [-0.2, 0) is 0 Å².